The molecule has 1 aromatic carbocycles. The Morgan fingerprint density at radius 3 is 2.18 bits per heavy atom. The fourth-order valence-corrected chi connectivity index (χ4v) is 4.11. The molecule has 1 aromatic rings. The number of carbonyl (C=O) groups is 2. The molecule has 1 N–H and O–H groups in total. The summed E-state index contributed by atoms with van der Waals surface area (Å²) >= 11 is 0. The molecule has 2 rings (SSSR count). The Bertz CT molecular complexity index is 856. The molecule has 10 nitrogen and oxygen atoms in total. The lowest BCUT2D eigenvalue weighted by molar-refractivity contribution is -0.394. The number of allylic oxidation sites excluding steroid dienone is 1. The number of non-ortho nitro benzene ring substituents is 2. The molecular formula is C24H34N4O6. The highest BCUT2D eigenvalue weighted by Gasteiger charge is 2.29. The summed E-state index contributed by atoms with van der Waals surface area (Å²) in [7, 11) is 0. The lowest BCUT2D eigenvalue weighted by Crippen LogP contribution is -2.47. The van der Waals surface area contributed by atoms with Crippen molar-refractivity contribution in [3.63, 3.8) is 0 Å². The van der Waals surface area contributed by atoms with Gasteiger partial charge in [0.15, 0.2) is 0 Å². The first-order valence-corrected chi connectivity index (χ1v) is 12.0. The number of nitro groups is 2. The van der Waals surface area contributed by atoms with Gasteiger partial charge in [0.2, 0.25) is 5.91 Å². The monoisotopic (exact) mass is 474 g/mol. The largest absolute Gasteiger partial charge is 0.341 e. The number of rotatable bonds is 14. The van der Waals surface area contributed by atoms with E-state index in [0.29, 0.717) is 19.5 Å². The first kappa shape index (κ1) is 26.9. The van der Waals surface area contributed by atoms with Crippen molar-refractivity contribution in [1.82, 2.24) is 10.2 Å². The zero-order chi connectivity index (χ0) is 24.9. The molecule has 186 valence electrons. The van der Waals surface area contributed by atoms with Crippen LogP contribution < -0.4 is 5.32 Å². The normalized spacial score (nSPS) is 16.1. The number of carbonyl (C=O) groups excluding carboxylic acids is 2. The minimum atomic E-state index is -0.788. The molecule has 1 saturated heterocycles. The quantitative estimate of drug-likeness (QED) is 0.176. The summed E-state index contributed by atoms with van der Waals surface area (Å²) < 4.78 is 0. The van der Waals surface area contributed by atoms with Gasteiger partial charge in [-0.2, -0.15) is 0 Å². The van der Waals surface area contributed by atoms with Crippen molar-refractivity contribution in [2.24, 2.45) is 0 Å². The van der Waals surface area contributed by atoms with Crippen molar-refractivity contribution >= 4 is 23.2 Å². The summed E-state index contributed by atoms with van der Waals surface area (Å²) in [5.74, 6) is -0.904. The van der Waals surface area contributed by atoms with Gasteiger partial charge in [0.1, 0.15) is 6.04 Å². The minimum absolute atomic E-state index is 0.171. The first-order valence-electron chi connectivity index (χ1n) is 12.0. The fraction of sp³-hybridized carbons (Fsp3) is 0.583. The summed E-state index contributed by atoms with van der Waals surface area (Å²) in [5, 5.41) is 24.8. The average Bonchev–Trinajstić information content (AvgIpc) is 2.98. The first-order chi connectivity index (χ1) is 16.3. The smallest absolute Gasteiger partial charge is 0.277 e. The number of hydrogen-bond donors (Lipinski definition) is 1. The van der Waals surface area contributed by atoms with Crippen molar-refractivity contribution in [3.8, 4) is 0 Å². The second-order valence-corrected chi connectivity index (χ2v) is 8.65. The topological polar surface area (TPSA) is 136 Å². The minimum Gasteiger partial charge on any atom is -0.341 e. The number of nitro benzene ring substituents is 2. The van der Waals surface area contributed by atoms with Gasteiger partial charge in [-0.25, -0.2) is 0 Å². The van der Waals surface area contributed by atoms with E-state index < -0.39 is 33.2 Å². The molecule has 1 fully saturated rings. The van der Waals surface area contributed by atoms with Gasteiger partial charge in [0.25, 0.3) is 17.3 Å². The SMILES string of the molecule is C=CCCCCCCCCCN1CCCC[C@@H](NC(=O)c2cc([N+](=O)[O-])cc([N+](=O)[O-])c2)C1=O. The number of unbranched alkanes of at least 4 members (excludes halogenated alkanes) is 7. The summed E-state index contributed by atoms with van der Waals surface area (Å²) in [6, 6.07) is 2.02. The molecule has 0 saturated carbocycles. The number of nitrogens with zero attached hydrogens (tertiary/aromatic N) is 3. The molecule has 2 amide bonds. The standard InChI is InChI=1S/C24H34N4O6/c1-2-3-4-5-6-7-8-9-11-14-26-15-12-10-13-22(24(26)30)25-23(29)19-16-20(27(31)32)18-21(17-19)28(33)34/h2,16-18,22H,1,3-15H2,(H,25,29)/t22-/m1/s1. The maximum absolute atomic E-state index is 13.0. The zero-order valence-corrected chi connectivity index (χ0v) is 19.6. The van der Waals surface area contributed by atoms with E-state index in [1.807, 2.05) is 6.08 Å². The number of nitrogens with one attached hydrogen (secondary N) is 1. The van der Waals surface area contributed by atoms with E-state index in [9.17, 15) is 29.8 Å². The maximum Gasteiger partial charge on any atom is 0.277 e. The highest BCUT2D eigenvalue weighted by atomic mass is 16.6. The van der Waals surface area contributed by atoms with Crippen molar-refractivity contribution < 1.29 is 19.4 Å². The van der Waals surface area contributed by atoms with E-state index in [1.165, 1.54) is 25.7 Å². The van der Waals surface area contributed by atoms with Crippen LogP contribution >= 0.6 is 0 Å². The second kappa shape index (κ2) is 14.1. The van der Waals surface area contributed by atoms with Gasteiger partial charge < -0.3 is 10.2 Å². The number of amides is 2. The lowest BCUT2D eigenvalue weighted by Gasteiger charge is -2.25. The predicted molar refractivity (Wildman–Crippen MR) is 129 cm³/mol. The van der Waals surface area contributed by atoms with E-state index in [0.717, 1.165) is 56.7 Å². The van der Waals surface area contributed by atoms with Crippen LogP contribution in [0.2, 0.25) is 0 Å². The van der Waals surface area contributed by atoms with Gasteiger partial charge in [-0.15, -0.1) is 6.58 Å². The van der Waals surface area contributed by atoms with Crippen molar-refractivity contribution in [2.45, 2.75) is 76.7 Å². The molecule has 0 radical (unpaired) electrons. The molecule has 1 heterocycles. The van der Waals surface area contributed by atoms with Crippen LogP contribution in [-0.2, 0) is 4.79 Å². The van der Waals surface area contributed by atoms with E-state index in [4.69, 9.17) is 0 Å². The maximum atomic E-state index is 13.0. The fourth-order valence-electron chi connectivity index (χ4n) is 4.11. The van der Waals surface area contributed by atoms with Gasteiger partial charge in [0.05, 0.1) is 21.5 Å². The lowest BCUT2D eigenvalue weighted by atomic mass is 10.1. The molecular weight excluding hydrogens is 440 g/mol. The molecule has 1 atom stereocenters. The van der Waals surface area contributed by atoms with Crippen LogP contribution in [0.1, 0.15) is 81.0 Å². The number of likely N-dealkylation sites (tertiary alicyclic amines) is 1. The Hall–Kier alpha value is -3.30. The van der Waals surface area contributed by atoms with Crippen molar-refractivity contribution in [2.75, 3.05) is 13.1 Å². The number of hydrogen-bond acceptors (Lipinski definition) is 6. The van der Waals surface area contributed by atoms with Crippen LogP contribution in [0, 0.1) is 20.2 Å². The molecule has 0 unspecified atom stereocenters. The highest BCUT2D eigenvalue weighted by molar-refractivity contribution is 5.98. The Balaban J connectivity index is 1.90. The molecule has 10 heteroatoms. The molecule has 1 aliphatic rings. The van der Waals surface area contributed by atoms with Crippen LogP contribution in [-0.4, -0.2) is 45.7 Å². The third-order valence-electron chi connectivity index (χ3n) is 6.01. The van der Waals surface area contributed by atoms with Crippen LogP contribution in [0.4, 0.5) is 11.4 Å². The molecule has 0 aromatic heterocycles. The molecule has 0 aliphatic carbocycles. The van der Waals surface area contributed by atoms with Gasteiger partial charge in [-0.05, 0) is 38.5 Å². The third-order valence-corrected chi connectivity index (χ3v) is 6.01. The molecule has 0 bridgehead atoms. The predicted octanol–water partition coefficient (Wildman–Crippen LogP) is 4.92. The van der Waals surface area contributed by atoms with Crippen LogP contribution in [0.3, 0.4) is 0 Å². The molecule has 1 aliphatic heterocycles. The van der Waals surface area contributed by atoms with Crippen LogP contribution in [0.25, 0.3) is 0 Å². The third kappa shape index (κ3) is 8.57. The summed E-state index contributed by atoms with van der Waals surface area (Å²) in [5.41, 5.74) is -1.31. The van der Waals surface area contributed by atoms with Crippen molar-refractivity contribution in [1.29, 1.82) is 0 Å². The summed E-state index contributed by atoms with van der Waals surface area (Å²) in [6.45, 7) is 4.99. The van der Waals surface area contributed by atoms with Crippen LogP contribution in [0.5, 0.6) is 0 Å². The highest BCUT2D eigenvalue weighted by Crippen LogP contribution is 2.23. The Morgan fingerprint density at radius 2 is 1.59 bits per heavy atom. The summed E-state index contributed by atoms with van der Waals surface area (Å²) in [4.78, 5) is 48.1. The van der Waals surface area contributed by atoms with Gasteiger partial charge in [-0.1, -0.05) is 38.2 Å². The van der Waals surface area contributed by atoms with Crippen LogP contribution in [0.15, 0.2) is 30.9 Å². The van der Waals surface area contributed by atoms with Gasteiger partial charge >= 0.3 is 0 Å². The van der Waals surface area contributed by atoms with E-state index in [-0.39, 0.29) is 11.5 Å². The molecule has 34 heavy (non-hydrogen) atoms. The Labute approximate surface area is 199 Å². The average molecular weight is 475 g/mol. The van der Waals surface area contributed by atoms with Gasteiger partial charge in [0, 0.05) is 25.2 Å². The second-order valence-electron chi connectivity index (χ2n) is 8.65. The Kier molecular flexibility index (Phi) is 11.2. The van der Waals surface area contributed by atoms with Gasteiger partial charge in [-0.3, -0.25) is 29.8 Å². The van der Waals surface area contributed by atoms with E-state index in [2.05, 4.69) is 11.9 Å². The molecule has 0 spiro atoms. The van der Waals surface area contributed by atoms with Crippen molar-refractivity contribution in [3.05, 3.63) is 56.6 Å². The van der Waals surface area contributed by atoms with E-state index >= 15 is 0 Å². The van der Waals surface area contributed by atoms with E-state index in [1.54, 1.807) is 4.90 Å². The summed E-state index contributed by atoms with van der Waals surface area (Å²) in [6.07, 6.45) is 12.9. The number of benzene rings is 1. The zero-order valence-electron chi connectivity index (χ0n) is 19.6. The Morgan fingerprint density at radius 1 is 1.00 bits per heavy atom.